The van der Waals surface area contributed by atoms with Gasteiger partial charge in [-0.3, -0.25) is 4.79 Å². The molecule has 1 N–H and O–H groups in total. The number of benzene rings is 2. The van der Waals surface area contributed by atoms with Crippen LogP contribution in [0.25, 0.3) is 0 Å². The Hall–Kier alpha value is -2.82. The zero-order valence-corrected chi connectivity index (χ0v) is 14.6. The van der Waals surface area contributed by atoms with E-state index in [1.807, 2.05) is 57.2 Å². The molecule has 126 valence electrons. The summed E-state index contributed by atoms with van der Waals surface area (Å²) in [5.74, 6) is 1.15. The predicted octanol–water partition coefficient (Wildman–Crippen LogP) is 3.50. The van der Waals surface area contributed by atoms with E-state index in [1.165, 1.54) is 7.11 Å². The van der Waals surface area contributed by atoms with E-state index in [-0.39, 0.29) is 11.6 Å². The molecule has 0 aliphatic rings. The molecule has 2 aromatic rings. The molecule has 0 aliphatic heterocycles. The molecule has 0 aliphatic carbocycles. The average Bonchev–Trinajstić information content (AvgIpc) is 2.57. The van der Waals surface area contributed by atoms with Gasteiger partial charge in [0.1, 0.15) is 18.6 Å². The van der Waals surface area contributed by atoms with Gasteiger partial charge in [0.05, 0.1) is 0 Å². The molecule has 0 saturated carbocycles. The van der Waals surface area contributed by atoms with Crippen molar-refractivity contribution in [2.45, 2.75) is 20.8 Å². The van der Waals surface area contributed by atoms with Gasteiger partial charge in [0.15, 0.2) is 5.71 Å². The Labute approximate surface area is 142 Å². The normalized spacial score (nSPS) is 11.1. The third-order valence-electron chi connectivity index (χ3n) is 3.73. The monoisotopic (exact) mass is 326 g/mol. The minimum Gasteiger partial charge on any atom is -0.457 e. The zero-order valence-electron chi connectivity index (χ0n) is 14.6. The Balaban J connectivity index is 2.46. The summed E-state index contributed by atoms with van der Waals surface area (Å²) in [7, 11) is 2.97. The van der Waals surface area contributed by atoms with Crippen LogP contribution in [0.5, 0.6) is 11.5 Å². The number of hydrogen-bond donors (Lipinski definition) is 1. The van der Waals surface area contributed by atoms with E-state index in [9.17, 15) is 4.79 Å². The van der Waals surface area contributed by atoms with Crippen molar-refractivity contribution in [1.29, 1.82) is 0 Å². The molecule has 0 bridgehead atoms. The number of carbonyl (C=O) groups excluding carboxylic acids is 1. The van der Waals surface area contributed by atoms with Crippen LogP contribution < -0.4 is 10.1 Å². The zero-order chi connectivity index (χ0) is 17.7. The number of amides is 1. The second-order valence-electron chi connectivity index (χ2n) is 5.50. The first-order chi connectivity index (χ1) is 11.5. The molecule has 0 atom stereocenters. The lowest BCUT2D eigenvalue weighted by Crippen LogP contribution is -2.29. The molecule has 0 saturated heterocycles. The molecule has 0 fully saturated rings. The summed E-state index contributed by atoms with van der Waals surface area (Å²) in [6.45, 7) is 5.91. The number of carbonyl (C=O) groups is 1. The van der Waals surface area contributed by atoms with Gasteiger partial charge < -0.3 is 14.9 Å². The lowest BCUT2D eigenvalue weighted by molar-refractivity contribution is -0.114. The third-order valence-corrected chi connectivity index (χ3v) is 3.73. The van der Waals surface area contributed by atoms with E-state index in [0.29, 0.717) is 11.3 Å². The van der Waals surface area contributed by atoms with Gasteiger partial charge in [-0.05, 0) is 44.0 Å². The minimum absolute atomic E-state index is 0.212. The third kappa shape index (κ3) is 3.74. The van der Waals surface area contributed by atoms with Gasteiger partial charge in [0, 0.05) is 18.2 Å². The maximum absolute atomic E-state index is 12.1. The SMILES string of the molecule is CNC(=O)/C(=N/OC)c1cccc(Oc2cc(C)ccc2C)c1C. The molecule has 0 unspecified atom stereocenters. The van der Waals surface area contributed by atoms with Crippen LogP contribution in [0.15, 0.2) is 41.6 Å². The Kier molecular flexibility index (Phi) is 5.58. The first kappa shape index (κ1) is 17.5. The highest BCUT2D eigenvalue weighted by Gasteiger charge is 2.18. The fourth-order valence-electron chi connectivity index (χ4n) is 2.34. The molecule has 5 nitrogen and oxygen atoms in total. The van der Waals surface area contributed by atoms with Gasteiger partial charge in [-0.25, -0.2) is 0 Å². The number of ether oxygens (including phenoxy) is 1. The van der Waals surface area contributed by atoms with Crippen LogP contribution in [0.2, 0.25) is 0 Å². The number of nitrogens with one attached hydrogen (secondary N) is 1. The average molecular weight is 326 g/mol. The topological polar surface area (TPSA) is 59.9 Å². The quantitative estimate of drug-likeness (QED) is 0.676. The molecule has 5 heteroatoms. The molecule has 24 heavy (non-hydrogen) atoms. The van der Waals surface area contributed by atoms with Gasteiger partial charge in [0.2, 0.25) is 0 Å². The molecular weight excluding hydrogens is 304 g/mol. The summed E-state index contributed by atoms with van der Waals surface area (Å²) in [6.07, 6.45) is 0. The van der Waals surface area contributed by atoms with E-state index < -0.39 is 0 Å². The van der Waals surface area contributed by atoms with Crippen molar-refractivity contribution in [1.82, 2.24) is 5.32 Å². The summed E-state index contributed by atoms with van der Waals surface area (Å²) >= 11 is 0. The second kappa shape index (κ2) is 7.64. The van der Waals surface area contributed by atoms with Crippen LogP contribution in [0.3, 0.4) is 0 Å². The van der Waals surface area contributed by atoms with Crippen molar-refractivity contribution in [3.05, 3.63) is 58.7 Å². The predicted molar refractivity (Wildman–Crippen MR) is 94.8 cm³/mol. The van der Waals surface area contributed by atoms with Crippen LogP contribution in [0.1, 0.15) is 22.3 Å². The Morgan fingerprint density at radius 2 is 1.83 bits per heavy atom. The van der Waals surface area contributed by atoms with Crippen molar-refractivity contribution in [3.8, 4) is 11.5 Å². The number of oxime groups is 1. The molecular formula is C19H22N2O3. The lowest BCUT2D eigenvalue weighted by atomic mass is 10.0. The van der Waals surface area contributed by atoms with Crippen LogP contribution in [-0.2, 0) is 9.63 Å². The highest BCUT2D eigenvalue weighted by molar-refractivity contribution is 6.45. The van der Waals surface area contributed by atoms with E-state index >= 15 is 0 Å². The van der Waals surface area contributed by atoms with Crippen LogP contribution in [0.4, 0.5) is 0 Å². The molecule has 0 aromatic heterocycles. The van der Waals surface area contributed by atoms with Crippen molar-refractivity contribution < 1.29 is 14.4 Å². The van der Waals surface area contributed by atoms with Crippen molar-refractivity contribution >= 4 is 11.6 Å². The van der Waals surface area contributed by atoms with Gasteiger partial charge >= 0.3 is 0 Å². The molecule has 0 radical (unpaired) electrons. The number of aryl methyl sites for hydroxylation is 2. The largest absolute Gasteiger partial charge is 0.457 e. The molecule has 0 spiro atoms. The highest BCUT2D eigenvalue weighted by Crippen LogP contribution is 2.30. The number of likely N-dealkylation sites (N-methyl/N-ethyl adjacent to an activating group) is 1. The molecule has 2 aromatic carbocycles. The van der Waals surface area contributed by atoms with E-state index in [4.69, 9.17) is 9.57 Å². The summed E-state index contributed by atoms with van der Waals surface area (Å²) in [5.41, 5.74) is 3.86. The fraction of sp³-hybridized carbons (Fsp3) is 0.263. The minimum atomic E-state index is -0.316. The van der Waals surface area contributed by atoms with Crippen molar-refractivity contribution in [2.75, 3.05) is 14.2 Å². The van der Waals surface area contributed by atoms with Crippen LogP contribution in [-0.4, -0.2) is 25.8 Å². The Morgan fingerprint density at radius 1 is 1.08 bits per heavy atom. The number of hydrogen-bond acceptors (Lipinski definition) is 4. The first-order valence-electron chi connectivity index (χ1n) is 7.66. The van der Waals surface area contributed by atoms with Gasteiger partial charge in [-0.15, -0.1) is 0 Å². The lowest BCUT2D eigenvalue weighted by Gasteiger charge is -2.15. The standard InChI is InChI=1S/C19H22N2O3/c1-12-9-10-13(2)17(11-12)24-16-8-6-7-15(14(16)3)18(21-23-5)19(22)20-4/h6-11H,1-5H3,(H,20,22)/b21-18+. The molecule has 0 heterocycles. The van der Waals surface area contributed by atoms with Gasteiger partial charge in [-0.1, -0.05) is 29.4 Å². The Morgan fingerprint density at radius 3 is 2.50 bits per heavy atom. The fourth-order valence-corrected chi connectivity index (χ4v) is 2.34. The maximum Gasteiger partial charge on any atom is 0.273 e. The van der Waals surface area contributed by atoms with Gasteiger partial charge in [0.25, 0.3) is 5.91 Å². The maximum atomic E-state index is 12.1. The smallest absolute Gasteiger partial charge is 0.273 e. The first-order valence-corrected chi connectivity index (χ1v) is 7.66. The van der Waals surface area contributed by atoms with Crippen molar-refractivity contribution in [2.24, 2.45) is 5.16 Å². The summed E-state index contributed by atoms with van der Waals surface area (Å²) in [5, 5.41) is 6.43. The summed E-state index contributed by atoms with van der Waals surface area (Å²) in [4.78, 5) is 16.9. The van der Waals surface area contributed by atoms with Crippen LogP contribution >= 0.6 is 0 Å². The molecule has 2 rings (SSSR count). The Bertz CT molecular complexity index is 782. The number of rotatable bonds is 5. The highest BCUT2D eigenvalue weighted by atomic mass is 16.6. The number of nitrogens with zero attached hydrogens (tertiary/aromatic N) is 1. The molecule has 1 amide bonds. The second-order valence-corrected chi connectivity index (χ2v) is 5.50. The van der Waals surface area contributed by atoms with E-state index in [1.54, 1.807) is 7.05 Å². The van der Waals surface area contributed by atoms with Gasteiger partial charge in [-0.2, -0.15) is 0 Å². The van der Waals surface area contributed by atoms with E-state index in [2.05, 4.69) is 10.5 Å². The van der Waals surface area contributed by atoms with Crippen molar-refractivity contribution in [3.63, 3.8) is 0 Å². The summed E-state index contributed by atoms with van der Waals surface area (Å²) in [6, 6.07) is 11.6. The summed E-state index contributed by atoms with van der Waals surface area (Å²) < 4.78 is 6.08. The van der Waals surface area contributed by atoms with E-state index in [0.717, 1.165) is 22.4 Å². The van der Waals surface area contributed by atoms with Crippen LogP contribution in [0, 0.1) is 20.8 Å².